The summed E-state index contributed by atoms with van der Waals surface area (Å²) >= 11 is 0. The predicted octanol–water partition coefficient (Wildman–Crippen LogP) is 1.79. The number of rotatable bonds is 3. The first-order chi connectivity index (χ1) is 5.58. The lowest BCUT2D eigenvalue weighted by molar-refractivity contribution is 0.0711. The highest BCUT2D eigenvalue weighted by Gasteiger charge is 2.11. The molecule has 1 aromatic rings. The largest absolute Gasteiger partial charge is 0.390 e. The first-order valence-electron chi connectivity index (χ1n) is 4.20. The lowest BCUT2D eigenvalue weighted by Crippen LogP contribution is -2.19. The van der Waals surface area contributed by atoms with Gasteiger partial charge in [0.2, 0.25) is 0 Å². The third-order valence-corrected chi connectivity index (χ3v) is 1.72. The molecule has 1 rings (SSSR count). The molecular formula is C10H15NO. The molecule has 2 nitrogen and oxygen atoms in total. The van der Waals surface area contributed by atoms with E-state index in [1.165, 1.54) is 0 Å². The van der Waals surface area contributed by atoms with Crippen molar-refractivity contribution in [2.24, 2.45) is 0 Å². The number of aliphatic hydroxyl groups is 1. The Morgan fingerprint density at radius 2 is 2.17 bits per heavy atom. The van der Waals surface area contributed by atoms with E-state index in [0.717, 1.165) is 18.5 Å². The first kappa shape index (κ1) is 9.20. The molecule has 0 aliphatic rings. The van der Waals surface area contributed by atoms with Gasteiger partial charge < -0.3 is 5.11 Å². The molecule has 1 heterocycles. The molecular weight excluding hydrogens is 150 g/mol. The Balaban J connectivity index is 2.44. The molecule has 0 radical (unpaired) electrons. The summed E-state index contributed by atoms with van der Waals surface area (Å²) in [4.78, 5) is 4.17. The summed E-state index contributed by atoms with van der Waals surface area (Å²) in [6, 6.07) is 5.84. The van der Waals surface area contributed by atoms with Crippen LogP contribution in [0, 0.1) is 0 Å². The van der Waals surface area contributed by atoms with Crippen LogP contribution in [-0.4, -0.2) is 15.7 Å². The van der Waals surface area contributed by atoms with E-state index in [1.807, 2.05) is 32.0 Å². The summed E-state index contributed by atoms with van der Waals surface area (Å²) in [5.41, 5.74) is 0.456. The van der Waals surface area contributed by atoms with E-state index >= 15 is 0 Å². The van der Waals surface area contributed by atoms with Crippen molar-refractivity contribution in [3.05, 3.63) is 30.1 Å². The standard InChI is InChI=1S/C10H15NO/c1-10(2,12)7-6-9-5-3-4-8-11-9/h3-5,8,12H,6-7H2,1-2H3. The summed E-state index contributed by atoms with van der Waals surface area (Å²) in [5.74, 6) is 0. The maximum atomic E-state index is 9.45. The van der Waals surface area contributed by atoms with Gasteiger partial charge in [-0.15, -0.1) is 0 Å². The summed E-state index contributed by atoms with van der Waals surface area (Å²) < 4.78 is 0. The van der Waals surface area contributed by atoms with Crippen LogP contribution in [0.1, 0.15) is 26.0 Å². The SMILES string of the molecule is CC(C)(O)CCc1ccccn1. The quantitative estimate of drug-likeness (QED) is 0.740. The van der Waals surface area contributed by atoms with Gasteiger partial charge in [0.15, 0.2) is 0 Å². The Labute approximate surface area is 73.3 Å². The van der Waals surface area contributed by atoms with Crippen LogP contribution in [0.25, 0.3) is 0 Å². The van der Waals surface area contributed by atoms with Crippen molar-refractivity contribution in [2.75, 3.05) is 0 Å². The summed E-state index contributed by atoms with van der Waals surface area (Å²) in [6.45, 7) is 3.63. The third-order valence-electron chi connectivity index (χ3n) is 1.72. The van der Waals surface area contributed by atoms with E-state index < -0.39 is 5.60 Å². The lowest BCUT2D eigenvalue weighted by atomic mass is 10.0. The predicted molar refractivity (Wildman–Crippen MR) is 48.9 cm³/mol. The smallest absolute Gasteiger partial charge is 0.0595 e. The number of hydrogen-bond acceptors (Lipinski definition) is 2. The molecule has 1 N–H and O–H groups in total. The molecule has 0 fully saturated rings. The normalized spacial score (nSPS) is 11.6. The minimum absolute atomic E-state index is 0.586. The lowest BCUT2D eigenvalue weighted by Gasteiger charge is -2.15. The zero-order chi connectivity index (χ0) is 9.03. The highest BCUT2D eigenvalue weighted by atomic mass is 16.3. The van der Waals surface area contributed by atoms with Crippen molar-refractivity contribution in [1.29, 1.82) is 0 Å². The van der Waals surface area contributed by atoms with Gasteiger partial charge in [0.25, 0.3) is 0 Å². The summed E-state index contributed by atoms with van der Waals surface area (Å²) in [7, 11) is 0. The van der Waals surface area contributed by atoms with Gasteiger partial charge in [-0.2, -0.15) is 0 Å². The van der Waals surface area contributed by atoms with E-state index in [-0.39, 0.29) is 0 Å². The second-order valence-corrected chi connectivity index (χ2v) is 3.63. The fraction of sp³-hybridized carbons (Fsp3) is 0.500. The van der Waals surface area contributed by atoms with Crippen molar-refractivity contribution >= 4 is 0 Å². The Hall–Kier alpha value is -0.890. The highest BCUT2D eigenvalue weighted by Crippen LogP contribution is 2.10. The van der Waals surface area contributed by atoms with Crippen molar-refractivity contribution in [3.63, 3.8) is 0 Å². The van der Waals surface area contributed by atoms with Crippen molar-refractivity contribution in [3.8, 4) is 0 Å². The number of aryl methyl sites for hydroxylation is 1. The zero-order valence-electron chi connectivity index (χ0n) is 7.62. The molecule has 0 saturated carbocycles. The molecule has 66 valence electrons. The molecule has 0 unspecified atom stereocenters. The van der Waals surface area contributed by atoms with Gasteiger partial charge >= 0.3 is 0 Å². The van der Waals surface area contributed by atoms with Crippen LogP contribution < -0.4 is 0 Å². The molecule has 0 aromatic carbocycles. The van der Waals surface area contributed by atoms with E-state index in [0.29, 0.717) is 0 Å². The van der Waals surface area contributed by atoms with E-state index in [9.17, 15) is 5.11 Å². The molecule has 0 bridgehead atoms. The monoisotopic (exact) mass is 165 g/mol. The van der Waals surface area contributed by atoms with Crippen molar-refractivity contribution < 1.29 is 5.11 Å². The fourth-order valence-electron chi connectivity index (χ4n) is 0.980. The van der Waals surface area contributed by atoms with Crippen LogP contribution in [0.3, 0.4) is 0 Å². The first-order valence-corrected chi connectivity index (χ1v) is 4.20. The highest BCUT2D eigenvalue weighted by molar-refractivity contribution is 5.03. The second kappa shape index (κ2) is 3.68. The molecule has 0 saturated heterocycles. The van der Waals surface area contributed by atoms with Crippen LogP contribution in [-0.2, 0) is 6.42 Å². The van der Waals surface area contributed by atoms with E-state index in [4.69, 9.17) is 0 Å². The van der Waals surface area contributed by atoms with Crippen molar-refractivity contribution in [2.45, 2.75) is 32.3 Å². The molecule has 0 atom stereocenters. The number of aromatic nitrogens is 1. The molecule has 2 heteroatoms. The van der Waals surface area contributed by atoms with Crippen molar-refractivity contribution in [1.82, 2.24) is 4.98 Å². The van der Waals surface area contributed by atoms with Crippen LogP contribution in [0.4, 0.5) is 0 Å². The Morgan fingerprint density at radius 3 is 2.67 bits per heavy atom. The van der Waals surface area contributed by atoms with Gasteiger partial charge in [-0.05, 0) is 38.8 Å². The summed E-state index contributed by atoms with van der Waals surface area (Å²) in [5, 5.41) is 9.45. The average molecular weight is 165 g/mol. The Kier molecular flexibility index (Phi) is 2.82. The Morgan fingerprint density at radius 1 is 1.42 bits per heavy atom. The minimum Gasteiger partial charge on any atom is -0.390 e. The molecule has 0 amide bonds. The topological polar surface area (TPSA) is 33.1 Å². The van der Waals surface area contributed by atoms with E-state index in [1.54, 1.807) is 6.20 Å². The maximum Gasteiger partial charge on any atom is 0.0595 e. The Bertz CT molecular complexity index is 225. The molecule has 0 aliphatic heterocycles. The van der Waals surface area contributed by atoms with Gasteiger partial charge in [0.05, 0.1) is 5.60 Å². The minimum atomic E-state index is -0.586. The number of hydrogen-bond donors (Lipinski definition) is 1. The summed E-state index contributed by atoms with van der Waals surface area (Å²) in [6.07, 6.45) is 3.37. The zero-order valence-corrected chi connectivity index (χ0v) is 7.62. The van der Waals surface area contributed by atoms with Crippen LogP contribution >= 0.6 is 0 Å². The fourth-order valence-corrected chi connectivity index (χ4v) is 0.980. The van der Waals surface area contributed by atoms with Crippen LogP contribution in [0.15, 0.2) is 24.4 Å². The second-order valence-electron chi connectivity index (χ2n) is 3.63. The molecule has 0 spiro atoms. The third kappa shape index (κ3) is 3.49. The molecule has 12 heavy (non-hydrogen) atoms. The van der Waals surface area contributed by atoms with Crippen LogP contribution in [0.2, 0.25) is 0 Å². The van der Waals surface area contributed by atoms with Gasteiger partial charge in [-0.1, -0.05) is 6.07 Å². The van der Waals surface area contributed by atoms with Gasteiger partial charge in [-0.25, -0.2) is 0 Å². The van der Waals surface area contributed by atoms with Crippen LogP contribution in [0.5, 0.6) is 0 Å². The number of pyridine rings is 1. The molecule has 1 aromatic heterocycles. The van der Waals surface area contributed by atoms with Gasteiger partial charge in [0, 0.05) is 11.9 Å². The molecule has 0 aliphatic carbocycles. The van der Waals surface area contributed by atoms with E-state index in [2.05, 4.69) is 4.98 Å². The maximum absolute atomic E-state index is 9.45. The van der Waals surface area contributed by atoms with Gasteiger partial charge in [-0.3, -0.25) is 4.98 Å². The number of nitrogens with zero attached hydrogens (tertiary/aromatic N) is 1. The average Bonchev–Trinajstić information content (AvgIpc) is 2.02. The van der Waals surface area contributed by atoms with Gasteiger partial charge in [0.1, 0.15) is 0 Å².